The molecule has 0 bridgehead atoms. The minimum absolute atomic E-state index is 0.0979. The van der Waals surface area contributed by atoms with E-state index in [1.807, 2.05) is 34.6 Å². The van der Waals surface area contributed by atoms with Crippen molar-refractivity contribution in [2.75, 3.05) is 14.1 Å². The van der Waals surface area contributed by atoms with Crippen molar-refractivity contribution in [1.29, 1.82) is 0 Å². The summed E-state index contributed by atoms with van der Waals surface area (Å²) < 4.78 is 27.5. The predicted octanol–water partition coefficient (Wildman–Crippen LogP) is 4.79. The van der Waals surface area contributed by atoms with Gasteiger partial charge in [-0.1, -0.05) is 104 Å². The summed E-state index contributed by atoms with van der Waals surface area (Å²) in [5.41, 5.74) is -0.152. The van der Waals surface area contributed by atoms with E-state index in [0.717, 1.165) is 12.8 Å². The van der Waals surface area contributed by atoms with E-state index >= 15 is 0 Å². The maximum Gasteiger partial charge on any atom is 0.260 e. The zero-order valence-corrected chi connectivity index (χ0v) is 29.3. The molecule has 9 nitrogen and oxygen atoms in total. The van der Waals surface area contributed by atoms with Gasteiger partial charge in [-0.3, -0.25) is 14.4 Å². The first-order valence-electron chi connectivity index (χ1n) is 15.8. The summed E-state index contributed by atoms with van der Waals surface area (Å²) in [6.07, 6.45) is 7.37. The number of carbonyl (C=O) groups is 3. The minimum atomic E-state index is -3.92. The summed E-state index contributed by atoms with van der Waals surface area (Å²) in [6, 6.07) is 6.81. The third kappa shape index (κ3) is 10.2. The quantitative estimate of drug-likeness (QED) is 0.269. The highest BCUT2D eigenvalue weighted by molar-refractivity contribution is 7.89. The summed E-state index contributed by atoms with van der Waals surface area (Å²) in [7, 11) is -0.469. The molecule has 0 spiro atoms. The van der Waals surface area contributed by atoms with E-state index in [1.54, 1.807) is 55.4 Å². The summed E-state index contributed by atoms with van der Waals surface area (Å²) in [4.78, 5) is 42.4. The van der Waals surface area contributed by atoms with E-state index in [4.69, 9.17) is 0 Å². The van der Waals surface area contributed by atoms with Gasteiger partial charge in [-0.05, 0) is 55.0 Å². The van der Waals surface area contributed by atoms with Crippen LogP contribution in [0.1, 0.15) is 93.1 Å². The Morgan fingerprint density at radius 3 is 2.05 bits per heavy atom. The molecule has 1 aliphatic carbocycles. The van der Waals surface area contributed by atoms with Gasteiger partial charge in [0.05, 0.1) is 17.8 Å². The Kier molecular flexibility index (Phi) is 13.2. The highest BCUT2D eigenvalue weighted by Gasteiger charge is 2.44. The van der Waals surface area contributed by atoms with Gasteiger partial charge in [-0.15, -0.1) is 0 Å². The molecule has 3 atom stereocenters. The van der Waals surface area contributed by atoms with Crippen LogP contribution < -0.4 is 15.4 Å². The Bertz CT molecular complexity index is 1260. The fraction of sp³-hybridized carbons (Fsp3) is 0.676. The zero-order chi connectivity index (χ0) is 33.5. The van der Waals surface area contributed by atoms with Crippen molar-refractivity contribution >= 4 is 27.7 Å². The summed E-state index contributed by atoms with van der Waals surface area (Å²) in [5.74, 6) is -1.24. The molecule has 0 aromatic heterocycles. The molecule has 1 saturated carbocycles. The Morgan fingerprint density at radius 1 is 0.977 bits per heavy atom. The smallest absolute Gasteiger partial charge is 0.260 e. The second-order valence-corrected chi connectivity index (χ2v) is 16.1. The van der Waals surface area contributed by atoms with E-state index in [2.05, 4.69) is 29.2 Å². The van der Waals surface area contributed by atoms with E-state index < -0.39 is 39.5 Å². The van der Waals surface area contributed by atoms with Crippen molar-refractivity contribution in [3.8, 4) is 0 Å². The van der Waals surface area contributed by atoms with Gasteiger partial charge >= 0.3 is 0 Å². The van der Waals surface area contributed by atoms with Crippen LogP contribution >= 0.6 is 0 Å². The first-order valence-corrected chi connectivity index (χ1v) is 17.5. The topological polar surface area (TPSA) is 125 Å². The van der Waals surface area contributed by atoms with Gasteiger partial charge < -0.3 is 15.5 Å². The average molecular weight is 633 g/mol. The summed E-state index contributed by atoms with van der Waals surface area (Å²) in [5, 5.41) is 6.32. The number of hydrogen-bond donors (Lipinski definition) is 3. The molecule has 3 amide bonds. The van der Waals surface area contributed by atoms with Crippen LogP contribution in [0.3, 0.4) is 0 Å². The molecule has 2 rings (SSSR count). The van der Waals surface area contributed by atoms with Crippen LogP contribution in [0.2, 0.25) is 0 Å². The van der Waals surface area contributed by atoms with Crippen LogP contribution in [0.25, 0.3) is 0 Å². The Labute approximate surface area is 266 Å². The third-order valence-electron chi connectivity index (χ3n) is 9.06. The van der Waals surface area contributed by atoms with Gasteiger partial charge in [-0.2, -0.15) is 0 Å². The van der Waals surface area contributed by atoms with Gasteiger partial charge in [0.2, 0.25) is 21.8 Å². The van der Waals surface area contributed by atoms with Crippen LogP contribution in [-0.4, -0.2) is 63.3 Å². The normalized spacial score (nSPS) is 17.5. The lowest BCUT2D eigenvalue weighted by atomic mass is 9.66. The molecule has 1 fully saturated rings. The maximum atomic E-state index is 14.1. The Hall–Kier alpha value is -2.72. The van der Waals surface area contributed by atoms with E-state index in [1.165, 1.54) is 26.2 Å². The highest BCUT2D eigenvalue weighted by Crippen LogP contribution is 2.41. The Balaban J connectivity index is 2.26. The second-order valence-electron chi connectivity index (χ2n) is 14.4. The lowest BCUT2D eigenvalue weighted by Gasteiger charge is -2.43. The van der Waals surface area contributed by atoms with Gasteiger partial charge in [0.1, 0.15) is 6.04 Å². The number of likely N-dealkylation sites (N-methyl/N-ethyl adjacent to an activating group) is 2. The van der Waals surface area contributed by atoms with Crippen molar-refractivity contribution in [3.05, 3.63) is 47.5 Å². The largest absolute Gasteiger partial charge is 0.342 e. The van der Waals surface area contributed by atoms with Gasteiger partial charge in [0.15, 0.2) is 0 Å². The number of nitrogens with zero attached hydrogens (tertiary/aromatic N) is 1. The molecule has 0 aliphatic heterocycles. The number of rotatable bonds is 13. The number of benzene rings is 1. The molecule has 44 heavy (non-hydrogen) atoms. The van der Waals surface area contributed by atoms with Crippen molar-refractivity contribution in [2.24, 2.45) is 22.7 Å². The number of nitrogens with one attached hydrogen (secondary N) is 3. The van der Waals surface area contributed by atoms with Gasteiger partial charge in [0, 0.05) is 12.6 Å². The molecule has 0 radical (unpaired) electrons. The second kappa shape index (κ2) is 15.5. The number of sulfonamides is 1. The molecular weight excluding hydrogens is 576 g/mol. The van der Waals surface area contributed by atoms with Gasteiger partial charge in [-0.25, -0.2) is 13.1 Å². The lowest BCUT2D eigenvalue weighted by molar-refractivity contribution is -0.141. The van der Waals surface area contributed by atoms with Crippen LogP contribution in [0.4, 0.5) is 0 Å². The predicted molar refractivity (Wildman–Crippen MR) is 177 cm³/mol. The fourth-order valence-electron chi connectivity index (χ4n) is 6.28. The van der Waals surface area contributed by atoms with Crippen molar-refractivity contribution in [1.82, 2.24) is 20.3 Å². The molecule has 0 saturated heterocycles. The number of amides is 3. The summed E-state index contributed by atoms with van der Waals surface area (Å²) >= 11 is 0. The van der Waals surface area contributed by atoms with Crippen LogP contribution in [-0.2, 0) is 30.2 Å². The molecule has 3 N–H and O–H groups in total. The van der Waals surface area contributed by atoms with E-state index in [-0.39, 0.29) is 34.5 Å². The van der Waals surface area contributed by atoms with E-state index in [0.29, 0.717) is 11.5 Å². The standard InChI is InChI=1S/C34H56N4O5S/c1-23(2)27(21-24(3)30(39)37-44(42,43)22-25-17-13-11-14-18-25)38(10)32(41)29(33(4,5)6)36-31(40)28(35-9)34(7,8)26-19-15-12-16-20-26/h11,13-14,17-18,21,23,26-29,35H,12,15-16,19-20,22H2,1-10H3,(H,36,40)(H,37,39)/t27-,28-,29-/m1/s1. The van der Waals surface area contributed by atoms with Crippen molar-refractivity contribution in [2.45, 2.75) is 111 Å². The molecule has 248 valence electrons. The van der Waals surface area contributed by atoms with Crippen LogP contribution in [0.5, 0.6) is 0 Å². The van der Waals surface area contributed by atoms with Crippen LogP contribution in [0.15, 0.2) is 42.0 Å². The van der Waals surface area contributed by atoms with Crippen molar-refractivity contribution in [3.63, 3.8) is 0 Å². The van der Waals surface area contributed by atoms with Gasteiger partial charge in [0.25, 0.3) is 5.91 Å². The molecule has 1 aliphatic rings. The number of carbonyl (C=O) groups excluding carboxylic acids is 3. The average Bonchev–Trinajstić information content (AvgIpc) is 2.93. The molecule has 10 heteroatoms. The molecule has 0 heterocycles. The Morgan fingerprint density at radius 2 is 1.55 bits per heavy atom. The summed E-state index contributed by atoms with van der Waals surface area (Å²) in [6.45, 7) is 15.4. The fourth-order valence-corrected chi connectivity index (χ4v) is 7.43. The lowest BCUT2D eigenvalue weighted by Crippen LogP contribution is -2.61. The monoisotopic (exact) mass is 632 g/mol. The van der Waals surface area contributed by atoms with Crippen LogP contribution in [0, 0.1) is 22.7 Å². The molecular formula is C34H56N4O5S. The number of hydrogen-bond acceptors (Lipinski definition) is 6. The highest BCUT2D eigenvalue weighted by atomic mass is 32.2. The SMILES string of the molecule is CN[C@H](C(=O)N[C@H](C(=O)N(C)[C@H](C=C(C)C(=O)NS(=O)(=O)Cc1ccccc1)C(C)C)C(C)(C)C)C(C)(C)C1CCCCC1. The molecule has 1 aromatic carbocycles. The van der Waals surface area contributed by atoms with Crippen molar-refractivity contribution < 1.29 is 22.8 Å². The zero-order valence-electron chi connectivity index (χ0n) is 28.5. The first kappa shape index (κ1) is 37.5. The third-order valence-corrected chi connectivity index (χ3v) is 10.3. The van der Waals surface area contributed by atoms with E-state index in [9.17, 15) is 22.8 Å². The first-order chi connectivity index (χ1) is 20.3. The maximum absolute atomic E-state index is 14.1. The molecule has 0 unspecified atom stereocenters. The molecule has 1 aromatic rings. The minimum Gasteiger partial charge on any atom is -0.342 e.